The van der Waals surface area contributed by atoms with Crippen molar-refractivity contribution in [1.29, 1.82) is 0 Å². The van der Waals surface area contributed by atoms with Crippen molar-refractivity contribution in [3.63, 3.8) is 0 Å². The Morgan fingerprint density at radius 2 is 1.94 bits per heavy atom. The maximum Gasteiger partial charge on any atom is 0.0824 e. The lowest BCUT2D eigenvalue weighted by Gasteiger charge is -2.36. The minimum atomic E-state index is 0.229. The molecule has 1 atom stereocenters. The Labute approximate surface area is 103 Å². The van der Waals surface area contributed by atoms with E-state index in [0.29, 0.717) is 12.6 Å². The lowest BCUT2D eigenvalue weighted by Crippen LogP contribution is -2.50. The van der Waals surface area contributed by atoms with Crippen LogP contribution in [0.2, 0.25) is 0 Å². The van der Waals surface area contributed by atoms with Crippen LogP contribution in [0.3, 0.4) is 0 Å². The molecular weight excluding hydrogens is 212 g/mol. The summed E-state index contributed by atoms with van der Waals surface area (Å²) in [5.41, 5.74) is 8.74. The van der Waals surface area contributed by atoms with Gasteiger partial charge in [-0.15, -0.1) is 0 Å². The summed E-state index contributed by atoms with van der Waals surface area (Å²) in [5.74, 6) is 0. The topological polar surface area (TPSA) is 38.5 Å². The molecule has 3 heteroatoms. The highest BCUT2D eigenvalue weighted by molar-refractivity contribution is 5.33. The molecule has 1 unspecified atom stereocenters. The van der Waals surface area contributed by atoms with Gasteiger partial charge in [-0.1, -0.05) is 24.3 Å². The largest absolute Gasteiger partial charge is 0.374 e. The summed E-state index contributed by atoms with van der Waals surface area (Å²) in [6, 6.07) is 9.46. The summed E-state index contributed by atoms with van der Waals surface area (Å²) in [7, 11) is 0. The minimum Gasteiger partial charge on any atom is -0.374 e. The van der Waals surface area contributed by atoms with Crippen molar-refractivity contribution in [1.82, 2.24) is 4.90 Å². The van der Waals surface area contributed by atoms with Gasteiger partial charge in [-0.2, -0.15) is 0 Å². The molecule has 1 aliphatic heterocycles. The first-order chi connectivity index (χ1) is 8.36. The molecule has 92 valence electrons. The Morgan fingerprint density at radius 1 is 1.24 bits per heavy atom. The average Bonchev–Trinajstić information content (AvgIpc) is 2.82. The molecular formula is C14H20N2O. The van der Waals surface area contributed by atoms with Crippen molar-refractivity contribution < 1.29 is 4.74 Å². The van der Waals surface area contributed by atoms with Crippen molar-refractivity contribution in [3.05, 3.63) is 35.4 Å². The van der Waals surface area contributed by atoms with Gasteiger partial charge in [-0.3, -0.25) is 4.90 Å². The number of benzene rings is 1. The zero-order chi connectivity index (χ0) is 11.7. The van der Waals surface area contributed by atoms with Crippen LogP contribution in [0.25, 0.3) is 0 Å². The van der Waals surface area contributed by atoms with Crippen LogP contribution in [0.1, 0.15) is 11.1 Å². The van der Waals surface area contributed by atoms with Gasteiger partial charge in [-0.05, 0) is 24.0 Å². The van der Waals surface area contributed by atoms with E-state index in [0.717, 1.165) is 19.7 Å². The number of nitrogens with zero attached hydrogens (tertiary/aromatic N) is 1. The van der Waals surface area contributed by atoms with Crippen molar-refractivity contribution >= 4 is 0 Å². The van der Waals surface area contributed by atoms with Gasteiger partial charge in [0.1, 0.15) is 0 Å². The third-order valence-corrected chi connectivity index (χ3v) is 3.98. The third-order valence-electron chi connectivity index (χ3n) is 3.98. The first kappa shape index (κ1) is 11.2. The van der Waals surface area contributed by atoms with E-state index < -0.39 is 0 Å². The summed E-state index contributed by atoms with van der Waals surface area (Å²) < 4.78 is 5.63. The molecule has 0 radical (unpaired) electrons. The first-order valence-electron chi connectivity index (χ1n) is 6.49. The van der Waals surface area contributed by atoms with Crippen LogP contribution in [-0.2, 0) is 17.6 Å². The average molecular weight is 232 g/mol. The molecule has 17 heavy (non-hydrogen) atoms. The van der Waals surface area contributed by atoms with Crippen LogP contribution in [0.15, 0.2) is 24.3 Å². The third kappa shape index (κ3) is 2.23. The lowest BCUT2D eigenvalue weighted by molar-refractivity contribution is -0.0369. The van der Waals surface area contributed by atoms with E-state index in [-0.39, 0.29) is 6.10 Å². The molecule has 2 aliphatic rings. The number of hydrogen-bond acceptors (Lipinski definition) is 3. The highest BCUT2D eigenvalue weighted by Crippen LogP contribution is 2.26. The van der Waals surface area contributed by atoms with Gasteiger partial charge >= 0.3 is 0 Å². The predicted octanol–water partition coefficient (Wildman–Crippen LogP) is 0.813. The van der Waals surface area contributed by atoms with Crippen LogP contribution in [0, 0.1) is 0 Å². The quantitative estimate of drug-likeness (QED) is 0.820. The number of fused-ring (bicyclic) bond motifs is 1. The van der Waals surface area contributed by atoms with Gasteiger partial charge < -0.3 is 10.5 Å². The van der Waals surface area contributed by atoms with Crippen molar-refractivity contribution in [2.75, 3.05) is 26.2 Å². The molecule has 0 bridgehead atoms. The van der Waals surface area contributed by atoms with E-state index in [2.05, 4.69) is 29.2 Å². The van der Waals surface area contributed by atoms with Crippen molar-refractivity contribution in [3.8, 4) is 0 Å². The van der Waals surface area contributed by atoms with Gasteiger partial charge in [0.25, 0.3) is 0 Å². The molecule has 1 aromatic carbocycles. The van der Waals surface area contributed by atoms with Crippen LogP contribution < -0.4 is 5.73 Å². The minimum absolute atomic E-state index is 0.229. The Morgan fingerprint density at radius 3 is 2.59 bits per heavy atom. The number of hydrogen-bond donors (Lipinski definition) is 1. The van der Waals surface area contributed by atoms with Gasteiger partial charge in [0.05, 0.1) is 12.7 Å². The van der Waals surface area contributed by atoms with Crippen LogP contribution in [0.4, 0.5) is 0 Å². The van der Waals surface area contributed by atoms with E-state index in [1.165, 1.54) is 24.0 Å². The van der Waals surface area contributed by atoms with Crippen LogP contribution in [0.5, 0.6) is 0 Å². The molecule has 0 aromatic heterocycles. The number of nitrogens with two attached hydrogens (primary N) is 1. The van der Waals surface area contributed by atoms with E-state index >= 15 is 0 Å². The molecule has 1 fully saturated rings. The van der Waals surface area contributed by atoms with Crippen molar-refractivity contribution in [2.45, 2.75) is 25.0 Å². The molecule has 0 saturated carbocycles. The van der Waals surface area contributed by atoms with Gasteiger partial charge in [0.15, 0.2) is 0 Å². The lowest BCUT2D eigenvalue weighted by atomic mass is 10.1. The normalized spacial score (nSPS) is 26.1. The highest BCUT2D eigenvalue weighted by atomic mass is 16.5. The Balaban J connectivity index is 1.68. The molecule has 3 rings (SSSR count). The zero-order valence-corrected chi connectivity index (χ0v) is 10.1. The second-order valence-corrected chi connectivity index (χ2v) is 5.05. The van der Waals surface area contributed by atoms with Gasteiger partial charge in [0, 0.05) is 25.7 Å². The highest BCUT2D eigenvalue weighted by Gasteiger charge is 2.30. The molecule has 1 saturated heterocycles. The maximum atomic E-state index is 5.70. The second kappa shape index (κ2) is 4.77. The van der Waals surface area contributed by atoms with E-state index in [1.54, 1.807) is 0 Å². The van der Waals surface area contributed by atoms with Crippen molar-refractivity contribution in [2.24, 2.45) is 5.73 Å². The molecule has 2 N–H and O–H groups in total. The second-order valence-electron chi connectivity index (χ2n) is 5.05. The molecule has 0 spiro atoms. The molecule has 1 aromatic rings. The summed E-state index contributed by atoms with van der Waals surface area (Å²) in [6.07, 6.45) is 2.61. The number of morpholine rings is 1. The fourth-order valence-corrected chi connectivity index (χ4v) is 3.01. The molecule has 1 heterocycles. The van der Waals surface area contributed by atoms with Gasteiger partial charge in [0.2, 0.25) is 0 Å². The molecule has 1 aliphatic carbocycles. The SMILES string of the molecule is NCC1CN(C2Cc3ccccc3C2)CCO1. The smallest absolute Gasteiger partial charge is 0.0824 e. The Bertz CT molecular complexity index is 369. The predicted molar refractivity (Wildman–Crippen MR) is 68.0 cm³/mol. The first-order valence-corrected chi connectivity index (χ1v) is 6.49. The summed E-state index contributed by atoms with van der Waals surface area (Å²) in [6.45, 7) is 3.51. The van der Waals surface area contributed by atoms with E-state index in [4.69, 9.17) is 10.5 Å². The summed E-state index contributed by atoms with van der Waals surface area (Å²) in [4.78, 5) is 2.56. The van der Waals surface area contributed by atoms with Crippen LogP contribution >= 0.6 is 0 Å². The maximum absolute atomic E-state index is 5.70. The summed E-state index contributed by atoms with van der Waals surface area (Å²) >= 11 is 0. The number of rotatable bonds is 2. The molecule has 0 amide bonds. The van der Waals surface area contributed by atoms with Gasteiger partial charge in [-0.25, -0.2) is 0 Å². The fourth-order valence-electron chi connectivity index (χ4n) is 3.01. The van der Waals surface area contributed by atoms with E-state index in [9.17, 15) is 0 Å². The van der Waals surface area contributed by atoms with Crippen LogP contribution in [-0.4, -0.2) is 43.3 Å². The Hall–Kier alpha value is -0.900. The zero-order valence-electron chi connectivity index (χ0n) is 10.1. The Kier molecular flexibility index (Phi) is 3.14. The molecule has 3 nitrogen and oxygen atoms in total. The van der Waals surface area contributed by atoms with E-state index in [1.807, 2.05) is 0 Å². The summed E-state index contributed by atoms with van der Waals surface area (Å²) in [5, 5.41) is 0. The fraction of sp³-hybridized carbons (Fsp3) is 0.571. The monoisotopic (exact) mass is 232 g/mol. The standard InChI is InChI=1S/C14H20N2O/c15-9-14-10-16(5-6-17-14)13-7-11-3-1-2-4-12(11)8-13/h1-4,13-14H,5-10,15H2. The number of ether oxygens (including phenoxy) is 1.